The molecule has 2 aromatic heterocycles. The van der Waals surface area contributed by atoms with E-state index < -0.39 is 0 Å². The fraction of sp³-hybridized carbons (Fsp3) is 0.438. The lowest BCUT2D eigenvalue weighted by Crippen LogP contribution is -2.52. The Labute approximate surface area is 134 Å². The van der Waals surface area contributed by atoms with Crippen LogP contribution in [0.5, 0.6) is 0 Å². The maximum Gasteiger partial charge on any atom is 0.272 e. The van der Waals surface area contributed by atoms with Crippen LogP contribution in [0.4, 0.5) is 0 Å². The molecular formula is C16H19N5O2. The summed E-state index contributed by atoms with van der Waals surface area (Å²) in [6, 6.07) is 5.42. The summed E-state index contributed by atoms with van der Waals surface area (Å²) in [4.78, 5) is 18.8. The number of rotatable bonds is 2. The summed E-state index contributed by atoms with van der Waals surface area (Å²) in [5.74, 6) is 0.118. The first-order chi connectivity index (χ1) is 11.2. The lowest BCUT2D eigenvalue weighted by Gasteiger charge is -2.34. The summed E-state index contributed by atoms with van der Waals surface area (Å²) in [6.45, 7) is 2.49. The van der Waals surface area contributed by atoms with Crippen molar-refractivity contribution in [2.75, 3.05) is 26.3 Å². The normalized spacial score (nSPS) is 27.0. The molecule has 0 radical (unpaired) electrons. The van der Waals surface area contributed by atoms with Crippen molar-refractivity contribution in [2.45, 2.75) is 12.0 Å². The van der Waals surface area contributed by atoms with Crippen molar-refractivity contribution >= 4 is 5.91 Å². The van der Waals surface area contributed by atoms with E-state index in [9.17, 15) is 4.79 Å². The standard InChI is InChI=1S/C16H19N5O2/c17-16-3-7-23-10-12(16)9-20(11-16)15(22)14-8-13(2-5-18-14)21-6-1-4-19-21/h1-2,4-6,8,12H,3,7,9-11,17H2/t12-,16+/m0/s1. The number of fused-ring (bicyclic) bond motifs is 1. The third-order valence-corrected chi connectivity index (χ3v) is 4.79. The summed E-state index contributed by atoms with van der Waals surface area (Å²) < 4.78 is 7.21. The minimum atomic E-state index is -0.326. The first kappa shape index (κ1) is 14.3. The largest absolute Gasteiger partial charge is 0.381 e. The molecule has 2 N–H and O–H groups in total. The Morgan fingerprint density at radius 2 is 2.35 bits per heavy atom. The van der Waals surface area contributed by atoms with Gasteiger partial charge in [-0.2, -0.15) is 5.10 Å². The number of nitrogens with zero attached hydrogens (tertiary/aromatic N) is 4. The van der Waals surface area contributed by atoms with Crippen molar-refractivity contribution in [3.05, 3.63) is 42.5 Å². The Balaban J connectivity index is 1.57. The molecule has 2 atom stereocenters. The van der Waals surface area contributed by atoms with Crippen LogP contribution in [0.1, 0.15) is 16.9 Å². The van der Waals surface area contributed by atoms with Gasteiger partial charge in [-0.05, 0) is 24.6 Å². The number of carbonyl (C=O) groups excluding carboxylic acids is 1. The number of aromatic nitrogens is 3. The Morgan fingerprint density at radius 3 is 3.13 bits per heavy atom. The molecular weight excluding hydrogens is 294 g/mol. The molecule has 0 aliphatic carbocycles. The van der Waals surface area contributed by atoms with E-state index in [2.05, 4.69) is 10.1 Å². The van der Waals surface area contributed by atoms with E-state index >= 15 is 0 Å². The Kier molecular flexibility index (Phi) is 3.39. The molecule has 7 heteroatoms. The summed E-state index contributed by atoms with van der Waals surface area (Å²) in [6.07, 6.45) is 5.96. The van der Waals surface area contributed by atoms with Crippen molar-refractivity contribution in [2.24, 2.45) is 11.7 Å². The highest BCUT2D eigenvalue weighted by atomic mass is 16.5. The van der Waals surface area contributed by atoms with Gasteiger partial charge in [0.1, 0.15) is 5.69 Å². The maximum absolute atomic E-state index is 12.8. The van der Waals surface area contributed by atoms with Crippen molar-refractivity contribution in [3.63, 3.8) is 0 Å². The van der Waals surface area contributed by atoms with Gasteiger partial charge < -0.3 is 15.4 Å². The second kappa shape index (κ2) is 5.43. The van der Waals surface area contributed by atoms with Crippen LogP contribution >= 0.6 is 0 Å². The molecule has 0 bridgehead atoms. The number of nitrogens with two attached hydrogens (primary N) is 1. The van der Waals surface area contributed by atoms with Gasteiger partial charge in [-0.1, -0.05) is 0 Å². The van der Waals surface area contributed by atoms with Gasteiger partial charge in [-0.15, -0.1) is 0 Å². The second-order valence-electron chi connectivity index (χ2n) is 6.29. The number of hydrogen-bond donors (Lipinski definition) is 1. The van der Waals surface area contributed by atoms with Gasteiger partial charge in [-0.3, -0.25) is 9.78 Å². The fourth-order valence-electron chi connectivity index (χ4n) is 3.40. The molecule has 2 saturated heterocycles. The number of carbonyl (C=O) groups is 1. The number of amides is 1. The average molecular weight is 313 g/mol. The van der Waals surface area contributed by atoms with Crippen LogP contribution in [0.3, 0.4) is 0 Å². The Hall–Kier alpha value is -2.25. The van der Waals surface area contributed by atoms with Gasteiger partial charge >= 0.3 is 0 Å². The van der Waals surface area contributed by atoms with Gasteiger partial charge in [0, 0.05) is 49.7 Å². The van der Waals surface area contributed by atoms with Crippen molar-refractivity contribution < 1.29 is 9.53 Å². The molecule has 7 nitrogen and oxygen atoms in total. The van der Waals surface area contributed by atoms with Crippen LogP contribution in [-0.4, -0.2) is 57.4 Å². The van der Waals surface area contributed by atoms with Crippen LogP contribution in [0.2, 0.25) is 0 Å². The number of likely N-dealkylation sites (tertiary alicyclic amines) is 1. The predicted molar refractivity (Wildman–Crippen MR) is 83.1 cm³/mol. The maximum atomic E-state index is 12.8. The van der Waals surface area contributed by atoms with E-state index in [1.54, 1.807) is 28.0 Å². The smallest absolute Gasteiger partial charge is 0.272 e. The van der Waals surface area contributed by atoms with E-state index in [0.29, 0.717) is 32.0 Å². The monoisotopic (exact) mass is 313 g/mol. The third-order valence-electron chi connectivity index (χ3n) is 4.79. The van der Waals surface area contributed by atoms with E-state index in [1.807, 2.05) is 18.3 Å². The SMILES string of the molecule is N[C@@]12CCOC[C@@H]1CN(C(=O)c1cc(-n3cccn3)ccn1)C2. The number of hydrogen-bond acceptors (Lipinski definition) is 5. The number of pyridine rings is 1. The minimum Gasteiger partial charge on any atom is -0.381 e. The van der Waals surface area contributed by atoms with Gasteiger partial charge in [0.25, 0.3) is 5.91 Å². The van der Waals surface area contributed by atoms with E-state index in [4.69, 9.17) is 10.5 Å². The molecule has 1 amide bonds. The topological polar surface area (TPSA) is 86.3 Å². The van der Waals surface area contributed by atoms with Crippen LogP contribution in [0.15, 0.2) is 36.8 Å². The summed E-state index contributed by atoms with van der Waals surface area (Å²) in [5, 5.41) is 4.18. The number of ether oxygens (including phenoxy) is 1. The molecule has 4 rings (SSSR count). The van der Waals surface area contributed by atoms with Crippen LogP contribution in [-0.2, 0) is 4.74 Å². The molecule has 2 aliphatic heterocycles. The van der Waals surface area contributed by atoms with Crippen molar-refractivity contribution in [1.82, 2.24) is 19.7 Å². The Bertz CT molecular complexity index is 717. The summed E-state index contributed by atoms with van der Waals surface area (Å²) >= 11 is 0. The van der Waals surface area contributed by atoms with E-state index in [1.165, 1.54) is 0 Å². The van der Waals surface area contributed by atoms with Crippen LogP contribution in [0.25, 0.3) is 5.69 Å². The highest BCUT2D eigenvalue weighted by Gasteiger charge is 2.47. The molecule has 4 heterocycles. The molecule has 0 spiro atoms. The van der Waals surface area contributed by atoms with Gasteiger partial charge in [-0.25, -0.2) is 4.68 Å². The molecule has 0 saturated carbocycles. The summed E-state index contributed by atoms with van der Waals surface area (Å²) in [5.41, 5.74) is 7.38. The first-order valence-corrected chi connectivity index (χ1v) is 7.78. The van der Waals surface area contributed by atoms with Crippen LogP contribution < -0.4 is 5.73 Å². The van der Waals surface area contributed by atoms with Gasteiger partial charge in [0.2, 0.25) is 0 Å². The first-order valence-electron chi connectivity index (χ1n) is 7.78. The Morgan fingerprint density at radius 1 is 1.43 bits per heavy atom. The van der Waals surface area contributed by atoms with Gasteiger partial charge in [0.05, 0.1) is 12.3 Å². The third kappa shape index (κ3) is 2.51. The van der Waals surface area contributed by atoms with Crippen LogP contribution in [0, 0.1) is 5.92 Å². The lowest BCUT2D eigenvalue weighted by atomic mass is 9.84. The van der Waals surface area contributed by atoms with Crippen molar-refractivity contribution in [1.29, 1.82) is 0 Å². The predicted octanol–water partition coefficient (Wildman–Crippen LogP) is 0.457. The highest BCUT2D eigenvalue weighted by Crippen LogP contribution is 2.32. The van der Waals surface area contributed by atoms with E-state index in [-0.39, 0.29) is 17.4 Å². The molecule has 2 aliphatic rings. The minimum absolute atomic E-state index is 0.0850. The summed E-state index contributed by atoms with van der Waals surface area (Å²) in [7, 11) is 0. The fourth-order valence-corrected chi connectivity index (χ4v) is 3.40. The molecule has 2 fully saturated rings. The molecule has 23 heavy (non-hydrogen) atoms. The molecule has 0 unspecified atom stereocenters. The zero-order valence-electron chi connectivity index (χ0n) is 12.8. The van der Waals surface area contributed by atoms with E-state index in [0.717, 1.165) is 12.1 Å². The zero-order valence-corrected chi connectivity index (χ0v) is 12.8. The molecule has 2 aromatic rings. The second-order valence-corrected chi connectivity index (χ2v) is 6.29. The molecule has 120 valence electrons. The van der Waals surface area contributed by atoms with Crippen molar-refractivity contribution in [3.8, 4) is 5.69 Å². The molecule has 0 aromatic carbocycles. The highest BCUT2D eigenvalue weighted by molar-refractivity contribution is 5.93. The average Bonchev–Trinajstić information content (AvgIpc) is 3.21. The zero-order chi connectivity index (χ0) is 15.9. The van der Waals surface area contributed by atoms with Gasteiger partial charge in [0.15, 0.2) is 0 Å². The quantitative estimate of drug-likeness (QED) is 0.870. The lowest BCUT2D eigenvalue weighted by molar-refractivity contribution is 0.0241.